The van der Waals surface area contributed by atoms with Crippen molar-refractivity contribution in [2.24, 2.45) is 4.99 Å². The predicted octanol–water partition coefficient (Wildman–Crippen LogP) is 2.84. The van der Waals surface area contributed by atoms with Gasteiger partial charge in [-0.2, -0.15) is 0 Å². The van der Waals surface area contributed by atoms with Crippen molar-refractivity contribution in [2.45, 2.75) is 25.5 Å². The fraction of sp³-hybridized carbons (Fsp3) is 0.409. The van der Waals surface area contributed by atoms with E-state index in [4.69, 9.17) is 4.74 Å². The Bertz CT molecular complexity index is 903. The van der Waals surface area contributed by atoms with Gasteiger partial charge in [-0.1, -0.05) is 48.5 Å². The Morgan fingerprint density at radius 2 is 1.68 bits per heavy atom. The maximum absolute atomic E-state index is 12.2. The first-order valence-electron chi connectivity index (χ1n) is 10.2. The lowest BCUT2D eigenvalue weighted by Crippen LogP contribution is -2.48. The van der Waals surface area contributed by atoms with E-state index in [0.717, 1.165) is 43.2 Å². The first-order valence-corrected chi connectivity index (χ1v) is 11.9. The van der Waals surface area contributed by atoms with Crippen LogP contribution in [0.1, 0.15) is 18.4 Å². The molecule has 170 valence electrons. The molecule has 0 aromatic heterocycles. The average molecular weight is 558 g/mol. The second kappa shape index (κ2) is 12.9. The normalized spacial score (nSPS) is 15.3. The molecule has 2 aromatic carbocycles. The molecule has 2 N–H and O–H groups in total. The Morgan fingerprint density at radius 1 is 1.06 bits per heavy atom. The number of para-hydroxylation sites is 1. The van der Waals surface area contributed by atoms with Crippen LogP contribution in [0.15, 0.2) is 65.7 Å². The molecule has 0 unspecified atom stereocenters. The van der Waals surface area contributed by atoms with Crippen molar-refractivity contribution in [3.63, 3.8) is 0 Å². The third-order valence-electron chi connectivity index (χ3n) is 4.99. The van der Waals surface area contributed by atoms with E-state index in [0.29, 0.717) is 13.1 Å². The number of hydrogen-bond acceptors (Lipinski definition) is 4. The summed E-state index contributed by atoms with van der Waals surface area (Å²) in [6.45, 7) is 2.23. The second-order valence-electron chi connectivity index (χ2n) is 7.22. The smallest absolute Gasteiger partial charge is 0.213 e. The number of sulfonamides is 1. The van der Waals surface area contributed by atoms with Gasteiger partial charge in [-0.05, 0) is 17.7 Å². The minimum atomic E-state index is -3.36. The lowest BCUT2D eigenvalue weighted by Gasteiger charge is -2.34. The molecule has 2 aromatic rings. The monoisotopic (exact) mass is 558 g/mol. The van der Waals surface area contributed by atoms with Crippen LogP contribution in [-0.4, -0.2) is 57.8 Å². The fourth-order valence-corrected chi connectivity index (χ4v) is 4.27. The summed E-state index contributed by atoms with van der Waals surface area (Å²) in [5.41, 5.74) is 0.936. The van der Waals surface area contributed by atoms with Crippen LogP contribution in [0.25, 0.3) is 0 Å². The van der Waals surface area contributed by atoms with Crippen molar-refractivity contribution in [3.8, 4) is 5.75 Å². The molecule has 7 nitrogen and oxygen atoms in total. The van der Waals surface area contributed by atoms with Crippen molar-refractivity contribution < 1.29 is 13.2 Å². The summed E-state index contributed by atoms with van der Waals surface area (Å²) in [5.74, 6) is 1.62. The molecule has 3 rings (SSSR count). The molecular weight excluding hydrogens is 527 g/mol. The molecular formula is C22H31IN4O3S. The summed E-state index contributed by atoms with van der Waals surface area (Å²) in [6.07, 6.45) is 1.98. The van der Waals surface area contributed by atoms with Crippen LogP contribution in [-0.2, 0) is 16.6 Å². The number of piperidine rings is 1. The van der Waals surface area contributed by atoms with E-state index in [1.54, 1.807) is 7.05 Å². The summed E-state index contributed by atoms with van der Waals surface area (Å²) < 4.78 is 33.2. The van der Waals surface area contributed by atoms with Crippen molar-refractivity contribution in [1.82, 2.24) is 14.9 Å². The van der Waals surface area contributed by atoms with Crippen LogP contribution in [0.5, 0.6) is 5.75 Å². The van der Waals surface area contributed by atoms with Gasteiger partial charge in [-0.3, -0.25) is 4.99 Å². The van der Waals surface area contributed by atoms with Gasteiger partial charge in [-0.25, -0.2) is 13.1 Å². The Labute approximate surface area is 202 Å². The van der Waals surface area contributed by atoms with Crippen LogP contribution in [0.3, 0.4) is 0 Å². The topological polar surface area (TPSA) is 83.0 Å². The molecule has 1 aliphatic rings. The molecule has 0 spiro atoms. The number of nitrogens with zero attached hydrogens (tertiary/aromatic N) is 2. The number of guanidine groups is 1. The standard InChI is InChI=1S/C22H30N4O3S.HI/c1-23-22(24-14-17-30(27,28)25-18-19-8-4-2-5-9-19)26-15-12-21(13-16-26)29-20-10-6-3-7-11-20;/h2-11,21,25H,12-18H2,1H3,(H,23,24);1H. The number of nitrogens with one attached hydrogen (secondary N) is 2. The predicted molar refractivity (Wildman–Crippen MR) is 136 cm³/mol. The number of aliphatic imine (C=N–C) groups is 1. The minimum absolute atomic E-state index is 0. The molecule has 0 bridgehead atoms. The summed E-state index contributed by atoms with van der Waals surface area (Å²) in [6, 6.07) is 19.3. The van der Waals surface area contributed by atoms with Gasteiger partial charge in [0.2, 0.25) is 10.0 Å². The van der Waals surface area contributed by atoms with Gasteiger partial charge in [0, 0.05) is 46.1 Å². The Balaban J connectivity index is 0.00000341. The van der Waals surface area contributed by atoms with E-state index in [9.17, 15) is 8.42 Å². The van der Waals surface area contributed by atoms with Crippen LogP contribution >= 0.6 is 24.0 Å². The van der Waals surface area contributed by atoms with Crippen molar-refractivity contribution >= 4 is 40.0 Å². The number of likely N-dealkylation sites (tertiary alicyclic amines) is 1. The molecule has 0 radical (unpaired) electrons. The Hall–Kier alpha value is -1.85. The molecule has 1 heterocycles. The first-order chi connectivity index (χ1) is 14.6. The van der Waals surface area contributed by atoms with Crippen LogP contribution in [0.2, 0.25) is 0 Å². The van der Waals surface area contributed by atoms with Crippen molar-refractivity contribution in [1.29, 1.82) is 0 Å². The molecule has 1 aliphatic heterocycles. The molecule has 0 aliphatic carbocycles. The maximum atomic E-state index is 12.2. The average Bonchev–Trinajstić information content (AvgIpc) is 2.78. The summed E-state index contributed by atoms with van der Waals surface area (Å²) in [5, 5.41) is 3.17. The molecule has 1 fully saturated rings. The van der Waals surface area contributed by atoms with Gasteiger partial charge in [0.05, 0.1) is 5.75 Å². The van der Waals surface area contributed by atoms with E-state index < -0.39 is 10.0 Å². The highest BCUT2D eigenvalue weighted by atomic mass is 127. The highest BCUT2D eigenvalue weighted by Crippen LogP contribution is 2.18. The fourth-order valence-electron chi connectivity index (χ4n) is 3.37. The van der Waals surface area contributed by atoms with E-state index in [1.165, 1.54) is 0 Å². The van der Waals surface area contributed by atoms with Crippen molar-refractivity contribution in [2.75, 3.05) is 32.4 Å². The molecule has 0 saturated carbocycles. The number of halogens is 1. The molecule has 31 heavy (non-hydrogen) atoms. The molecule has 0 atom stereocenters. The summed E-state index contributed by atoms with van der Waals surface area (Å²) in [7, 11) is -1.64. The Kier molecular flexibility index (Phi) is 10.6. The SMILES string of the molecule is CN=C(NCCS(=O)(=O)NCc1ccccc1)N1CCC(Oc2ccccc2)CC1.I. The quantitative estimate of drug-likeness (QED) is 0.296. The van der Waals surface area contributed by atoms with Gasteiger partial charge in [0.25, 0.3) is 0 Å². The highest BCUT2D eigenvalue weighted by Gasteiger charge is 2.23. The largest absolute Gasteiger partial charge is 0.490 e. The van der Waals surface area contributed by atoms with Crippen LogP contribution in [0.4, 0.5) is 0 Å². The van der Waals surface area contributed by atoms with E-state index in [1.807, 2.05) is 60.7 Å². The van der Waals surface area contributed by atoms with E-state index in [-0.39, 0.29) is 35.8 Å². The van der Waals surface area contributed by atoms with Gasteiger partial charge >= 0.3 is 0 Å². The van der Waals surface area contributed by atoms with Gasteiger partial charge < -0.3 is 15.0 Å². The number of hydrogen-bond donors (Lipinski definition) is 2. The van der Waals surface area contributed by atoms with Crippen molar-refractivity contribution in [3.05, 3.63) is 66.2 Å². The molecule has 1 saturated heterocycles. The zero-order valence-electron chi connectivity index (χ0n) is 17.7. The van der Waals surface area contributed by atoms with Gasteiger partial charge in [0.15, 0.2) is 5.96 Å². The third-order valence-corrected chi connectivity index (χ3v) is 6.32. The lowest BCUT2D eigenvalue weighted by molar-refractivity contribution is 0.129. The van der Waals surface area contributed by atoms with Crippen LogP contribution < -0.4 is 14.8 Å². The third kappa shape index (κ3) is 8.66. The summed E-state index contributed by atoms with van der Waals surface area (Å²) in [4.78, 5) is 6.46. The molecule has 0 amide bonds. The first kappa shape index (κ1) is 25.4. The van der Waals surface area contributed by atoms with Gasteiger partial charge in [0.1, 0.15) is 11.9 Å². The number of benzene rings is 2. The number of rotatable bonds is 8. The number of ether oxygens (including phenoxy) is 1. The zero-order chi connectivity index (χ0) is 21.2. The summed E-state index contributed by atoms with van der Waals surface area (Å²) >= 11 is 0. The maximum Gasteiger partial charge on any atom is 0.213 e. The minimum Gasteiger partial charge on any atom is -0.490 e. The van der Waals surface area contributed by atoms with E-state index in [2.05, 4.69) is 19.9 Å². The highest BCUT2D eigenvalue weighted by molar-refractivity contribution is 14.0. The van der Waals surface area contributed by atoms with E-state index >= 15 is 0 Å². The van der Waals surface area contributed by atoms with Gasteiger partial charge in [-0.15, -0.1) is 24.0 Å². The Morgan fingerprint density at radius 3 is 2.29 bits per heavy atom. The lowest BCUT2D eigenvalue weighted by atomic mass is 10.1. The molecule has 9 heteroatoms. The van der Waals surface area contributed by atoms with Crippen LogP contribution in [0, 0.1) is 0 Å². The second-order valence-corrected chi connectivity index (χ2v) is 9.14. The zero-order valence-corrected chi connectivity index (χ0v) is 20.9.